The molecule has 2 rings (SSSR count). The van der Waals surface area contributed by atoms with Crippen LogP contribution in [-0.4, -0.2) is 12.0 Å². The molecule has 0 heterocycles. The van der Waals surface area contributed by atoms with Crippen LogP contribution in [0.2, 0.25) is 0 Å². The van der Waals surface area contributed by atoms with E-state index in [4.69, 9.17) is 4.74 Å². The number of hydrogen-bond acceptors (Lipinski definition) is 5. The molecule has 6 heteroatoms. The number of anilines is 1. The van der Waals surface area contributed by atoms with Crippen molar-refractivity contribution in [2.45, 2.75) is 19.4 Å². The van der Waals surface area contributed by atoms with Gasteiger partial charge < -0.3 is 10.1 Å². The molecule has 0 saturated heterocycles. The highest BCUT2D eigenvalue weighted by Gasteiger charge is 2.15. The van der Waals surface area contributed by atoms with Crippen molar-refractivity contribution in [3.05, 3.63) is 63.7 Å². The number of nitrogens with zero attached hydrogens (tertiary/aromatic N) is 2. The van der Waals surface area contributed by atoms with Gasteiger partial charge in [-0.2, -0.15) is 5.26 Å². The van der Waals surface area contributed by atoms with Crippen molar-refractivity contribution in [2.24, 2.45) is 0 Å². The normalized spacial score (nSPS) is 11.3. The van der Waals surface area contributed by atoms with E-state index in [2.05, 4.69) is 5.32 Å². The van der Waals surface area contributed by atoms with Crippen LogP contribution in [0.1, 0.15) is 30.5 Å². The van der Waals surface area contributed by atoms with Crippen molar-refractivity contribution >= 4 is 11.4 Å². The van der Waals surface area contributed by atoms with E-state index in [1.54, 1.807) is 13.2 Å². The van der Waals surface area contributed by atoms with Crippen LogP contribution in [0.5, 0.6) is 5.75 Å². The molecule has 0 unspecified atom stereocenters. The second kappa shape index (κ2) is 7.27. The molecule has 0 amide bonds. The maximum Gasteiger partial charge on any atom is 0.270 e. The van der Waals surface area contributed by atoms with Crippen LogP contribution in [0, 0.1) is 21.4 Å². The highest BCUT2D eigenvalue weighted by molar-refractivity contribution is 5.62. The molecule has 0 aliphatic carbocycles. The van der Waals surface area contributed by atoms with E-state index >= 15 is 0 Å². The van der Waals surface area contributed by atoms with Crippen molar-refractivity contribution in [2.75, 3.05) is 12.4 Å². The Kier molecular flexibility index (Phi) is 5.15. The third-order valence-corrected chi connectivity index (χ3v) is 3.59. The van der Waals surface area contributed by atoms with Gasteiger partial charge in [0.15, 0.2) is 0 Å². The number of methoxy groups -OCH3 is 1. The minimum absolute atomic E-state index is 0.00513. The first-order chi connectivity index (χ1) is 11.1. The summed E-state index contributed by atoms with van der Waals surface area (Å²) in [6.07, 6.45) is 0.800. The Morgan fingerprint density at radius 2 is 2.00 bits per heavy atom. The lowest BCUT2D eigenvalue weighted by molar-refractivity contribution is -0.384. The van der Waals surface area contributed by atoms with E-state index < -0.39 is 4.92 Å². The minimum Gasteiger partial charge on any atom is -0.497 e. The Bertz CT molecular complexity index is 736. The lowest BCUT2D eigenvalue weighted by Crippen LogP contribution is -2.10. The number of benzene rings is 2. The largest absolute Gasteiger partial charge is 0.497 e. The van der Waals surface area contributed by atoms with Crippen LogP contribution >= 0.6 is 0 Å². The van der Waals surface area contributed by atoms with Crippen LogP contribution in [0.15, 0.2) is 42.5 Å². The van der Waals surface area contributed by atoms with Crippen LogP contribution in [0.4, 0.5) is 11.4 Å². The summed E-state index contributed by atoms with van der Waals surface area (Å²) in [4.78, 5) is 10.3. The molecule has 2 aromatic carbocycles. The summed E-state index contributed by atoms with van der Waals surface area (Å²) in [7, 11) is 1.61. The molecule has 0 spiro atoms. The molecule has 0 aromatic heterocycles. The molecule has 118 valence electrons. The van der Waals surface area contributed by atoms with Gasteiger partial charge >= 0.3 is 0 Å². The fourth-order valence-corrected chi connectivity index (χ4v) is 2.31. The fraction of sp³-hybridized carbons (Fsp3) is 0.235. The predicted molar refractivity (Wildman–Crippen MR) is 87.5 cm³/mol. The van der Waals surface area contributed by atoms with E-state index in [9.17, 15) is 15.4 Å². The molecule has 1 N–H and O–H groups in total. The smallest absolute Gasteiger partial charge is 0.270 e. The average Bonchev–Trinajstić information content (AvgIpc) is 2.59. The number of nitrogens with one attached hydrogen (secondary N) is 1. The predicted octanol–water partition coefficient (Wildman–Crippen LogP) is 4.04. The number of hydrogen-bond donors (Lipinski definition) is 1. The summed E-state index contributed by atoms with van der Waals surface area (Å²) in [5.41, 5.74) is 1.80. The number of nitriles is 1. The molecule has 0 saturated carbocycles. The molecule has 23 heavy (non-hydrogen) atoms. The lowest BCUT2D eigenvalue weighted by atomic mass is 10.0. The third kappa shape index (κ3) is 3.77. The van der Waals surface area contributed by atoms with Gasteiger partial charge in [0, 0.05) is 12.1 Å². The van der Waals surface area contributed by atoms with Crippen LogP contribution in [-0.2, 0) is 0 Å². The summed E-state index contributed by atoms with van der Waals surface area (Å²) in [5.74, 6) is 0.775. The Morgan fingerprint density at radius 1 is 1.30 bits per heavy atom. The second-order valence-electron chi connectivity index (χ2n) is 4.98. The summed E-state index contributed by atoms with van der Waals surface area (Å²) < 4.78 is 5.15. The zero-order valence-electron chi connectivity index (χ0n) is 12.9. The Hall–Kier alpha value is -3.07. The van der Waals surface area contributed by atoms with Gasteiger partial charge in [-0.05, 0) is 30.2 Å². The highest BCUT2D eigenvalue weighted by atomic mass is 16.6. The van der Waals surface area contributed by atoms with Gasteiger partial charge in [-0.15, -0.1) is 0 Å². The van der Waals surface area contributed by atoms with E-state index in [-0.39, 0.29) is 17.3 Å². The first-order valence-corrected chi connectivity index (χ1v) is 7.18. The number of ether oxygens (including phenoxy) is 1. The molecular formula is C17H17N3O3. The van der Waals surface area contributed by atoms with Crippen LogP contribution in [0.3, 0.4) is 0 Å². The second-order valence-corrected chi connectivity index (χ2v) is 4.98. The van der Waals surface area contributed by atoms with Gasteiger partial charge in [0.05, 0.1) is 29.3 Å². The highest BCUT2D eigenvalue weighted by Crippen LogP contribution is 2.28. The molecule has 0 radical (unpaired) electrons. The van der Waals surface area contributed by atoms with E-state index in [1.807, 2.05) is 37.3 Å². The van der Waals surface area contributed by atoms with Gasteiger partial charge in [0.2, 0.25) is 0 Å². The molecule has 0 aliphatic rings. The van der Waals surface area contributed by atoms with Gasteiger partial charge in [-0.1, -0.05) is 19.1 Å². The SMILES string of the molecule is CC[C@@H](Nc1ccc([N+](=O)[O-])cc1C#N)c1ccc(OC)cc1. The molecule has 0 fully saturated rings. The van der Waals surface area contributed by atoms with Gasteiger partial charge in [0.1, 0.15) is 11.8 Å². The molecule has 0 bridgehead atoms. The van der Waals surface area contributed by atoms with Crippen molar-refractivity contribution in [3.8, 4) is 11.8 Å². The third-order valence-electron chi connectivity index (χ3n) is 3.59. The first kappa shape index (κ1) is 16.3. The molecular weight excluding hydrogens is 294 g/mol. The quantitative estimate of drug-likeness (QED) is 0.642. The van der Waals surface area contributed by atoms with Crippen molar-refractivity contribution in [1.29, 1.82) is 5.26 Å². The number of nitro groups is 1. The van der Waals surface area contributed by atoms with Gasteiger partial charge in [-0.25, -0.2) is 0 Å². The van der Waals surface area contributed by atoms with E-state index in [0.717, 1.165) is 17.7 Å². The number of nitro benzene ring substituents is 1. The lowest BCUT2D eigenvalue weighted by Gasteiger charge is -2.19. The zero-order chi connectivity index (χ0) is 16.8. The van der Waals surface area contributed by atoms with E-state index in [1.165, 1.54) is 12.1 Å². The Labute approximate surface area is 134 Å². The topological polar surface area (TPSA) is 88.2 Å². The monoisotopic (exact) mass is 311 g/mol. The molecule has 2 aromatic rings. The van der Waals surface area contributed by atoms with Crippen LogP contribution in [0.25, 0.3) is 0 Å². The maximum absolute atomic E-state index is 10.8. The first-order valence-electron chi connectivity index (χ1n) is 7.18. The number of non-ortho nitro benzene ring substituents is 1. The number of rotatable bonds is 6. The minimum atomic E-state index is -0.509. The molecule has 6 nitrogen and oxygen atoms in total. The Morgan fingerprint density at radius 3 is 2.52 bits per heavy atom. The summed E-state index contributed by atoms with van der Waals surface area (Å²) in [6.45, 7) is 2.03. The van der Waals surface area contributed by atoms with E-state index in [0.29, 0.717) is 5.69 Å². The molecule has 1 atom stereocenters. The summed E-state index contributed by atoms with van der Waals surface area (Å²) in [6, 6.07) is 13.9. The summed E-state index contributed by atoms with van der Waals surface area (Å²) in [5, 5.41) is 23.3. The van der Waals surface area contributed by atoms with Crippen molar-refractivity contribution in [1.82, 2.24) is 0 Å². The van der Waals surface area contributed by atoms with Gasteiger partial charge in [-0.3, -0.25) is 10.1 Å². The molecule has 0 aliphatic heterocycles. The maximum atomic E-state index is 10.8. The van der Waals surface area contributed by atoms with Crippen molar-refractivity contribution < 1.29 is 9.66 Å². The van der Waals surface area contributed by atoms with Crippen LogP contribution < -0.4 is 10.1 Å². The Balaban J connectivity index is 2.27. The summed E-state index contributed by atoms with van der Waals surface area (Å²) >= 11 is 0. The van der Waals surface area contributed by atoms with Crippen molar-refractivity contribution in [3.63, 3.8) is 0 Å². The fourth-order valence-electron chi connectivity index (χ4n) is 2.31. The van der Waals surface area contributed by atoms with Gasteiger partial charge in [0.25, 0.3) is 5.69 Å². The standard InChI is InChI=1S/C17H17N3O3/c1-3-16(12-4-7-15(23-2)8-5-12)19-17-9-6-14(20(21)22)10-13(17)11-18/h4-10,16,19H,3H2,1-2H3/t16-/m1/s1. The average molecular weight is 311 g/mol. The zero-order valence-corrected chi connectivity index (χ0v) is 12.9.